The Labute approximate surface area is 115 Å². The molecule has 1 unspecified atom stereocenters. The summed E-state index contributed by atoms with van der Waals surface area (Å²) in [5.74, 6) is 0.498. The molecular weight excluding hydrogens is 305 g/mol. The molecular formula is C13H16BrClFN. The molecule has 0 aliphatic carbocycles. The molecule has 0 amide bonds. The van der Waals surface area contributed by atoms with Gasteiger partial charge in [0.05, 0.1) is 0 Å². The normalized spacial score (nSPS) is 21.7. The van der Waals surface area contributed by atoms with Gasteiger partial charge in [0.15, 0.2) is 0 Å². The van der Waals surface area contributed by atoms with Crippen molar-refractivity contribution < 1.29 is 4.39 Å². The molecule has 0 radical (unpaired) electrons. The first-order chi connectivity index (χ1) is 8.19. The number of halogens is 3. The lowest BCUT2D eigenvalue weighted by molar-refractivity contribution is 0.177. The zero-order valence-electron chi connectivity index (χ0n) is 9.63. The second kappa shape index (κ2) is 6.17. The summed E-state index contributed by atoms with van der Waals surface area (Å²) in [5.41, 5.74) is 0.740. The fourth-order valence-corrected chi connectivity index (χ4v) is 3.00. The maximum absolute atomic E-state index is 13.7. The number of hydrogen-bond acceptors (Lipinski definition) is 1. The van der Waals surface area contributed by atoms with Crippen LogP contribution in [-0.2, 0) is 6.54 Å². The molecule has 1 aromatic rings. The SMILES string of the molecule is Fc1cc(Cl)ccc1CN1CCCC(CBr)C1. The fourth-order valence-electron chi connectivity index (χ4n) is 2.31. The van der Waals surface area contributed by atoms with E-state index in [1.807, 2.05) is 0 Å². The van der Waals surface area contributed by atoms with Crippen LogP contribution in [0.3, 0.4) is 0 Å². The number of nitrogens with zero attached hydrogens (tertiary/aromatic N) is 1. The van der Waals surface area contributed by atoms with Gasteiger partial charge in [-0.25, -0.2) is 4.39 Å². The van der Waals surface area contributed by atoms with Gasteiger partial charge in [-0.05, 0) is 37.4 Å². The zero-order chi connectivity index (χ0) is 12.3. The Bertz CT molecular complexity index is 386. The Hall–Kier alpha value is -0.120. The Morgan fingerprint density at radius 2 is 2.29 bits per heavy atom. The molecule has 1 saturated heterocycles. The van der Waals surface area contributed by atoms with Gasteiger partial charge in [-0.15, -0.1) is 0 Å². The maximum atomic E-state index is 13.7. The van der Waals surface area contributed by atoms with E-state index in [-0.39, 0.29) is 5.82 Å². The summed E-state index contributed by atoms with van der Waals surface area (Å²) in [6, 6.07) is 4.93. The molecule has 0 N–H and O–H groups in total. The van der Waals surface area contributed by atoms with Crippen LogP contribution in [0.2, 0.25) is 5.02 Å². The van der Waals surface area contributed by atoms with E-state index >= 15 is 0 Å². The number of benzene rings is 1. The highest BCUT2D eigenvalue weighted by molar-refractivity contribution is 9.09. The Morgan fingerprint density at radius 1 is 1.47 bits per heavy atom. The smallest absolute Gasteiger partial charge is 0.129 e. The summed E-state index contributed by atoms with van der Waals surface area (Å²) in [6.45, 7) is 2.80. The average Bonchev–Trinajstić information content (AvgIpc) is 2.33. The van der Waals surface area contributed by atoms with Crippen LogP contribution in [0.25, 0.3) is 0 Å². The van der Waals surface area contributed by atoms with E-state index in [2.05, 4.69) is 20.8 Å². The first-order valence-electron chi connectivity index (χ1n) is 5.91. The monoisotopic (exact) mass is 319 g/mol. The highest BCUT2D eigenvalue weighted by Crippen LogP contribution is 2.22. The molecule has 0 spiro atoms. The molecule has 1 aliphatic heterocycles. The number of hydrogen-bond donors (Lipinski definition) is 0. The first-order valence-corrected chi connectivity index (χ1v) is 7.41. The van der Waals surface area contributed by atoms with Crippen molar-refractivity contribution in [2.75, 3.05) is 18.4 Å². The molecule has 1 fully saturated rings. The third kappa shape index (κ3) is 3.67. The lowest BCUT2D eigenvalue weighted by atomic mass is 10.00. The maximum Gasteiger partial charge on any atom is 0.129 e. The average molecular weight is 321 g/mol. The summed E-state index contributed by atoms with van der Waals surface area (Å²) in [4.78, 5) is 2.32. The molecule has 4 heteroatoms. The third-order valence-electron chi connectivity index (χ3n) is 3.23. The minimum absolute atomic E-state index is 0.196. The van der Waals surface area contributed by atoms with Crippen molar-refractivity contribution >= 4 is 27.5 Å². The van der Waals surface area contributed by atoms with Crippen molar-refractivity contribution in [1.82, 2.24) is 4.90 Å². The molecule has 0 saturated carbocycles. The highest BCUT2D eigenvalue weighted by atomic mass is 79.9. The largest absolute Gasteiger partial charge is 0.299 e. The van der Waals surface area contributed by atoms with Gasteiger partial charge < -0.3 is 0 Å². The molecule has 17 heavy (non-hydrogen) atoms. The van der Waals surface area contributed by atoms with Crippen LogP contribution in [0.4, 0.5) is 4.39 Å². The molecule has 1 aliphatic rings. The van der Waals surface area contributed by atoms with Crippen LogP contribution in [0, 0.1) is 11.7 Å². The minimum Gasteiger partial charge on any atom is -0.299 e. The highest BCUT2D eigenvalue weighted by Gasteiger charge is 2.19. The summed E-state index contributed by atoms with van der Waals surface area (Å²) in [7, 11) is 0. The molecule has 1 aromatic carbocycles. The van der Waals surface area contributed by atoms with Crippen molar-refractivity contribution in [3.05, 3.63) is 34.6 Å². The Balaban J connectivity index is 2.00. The molecule has 1 nitrogen and oxygen atoms in total. The van der Waals surface area contributed by atoms with Gasteiger partial charge in [0.25, 0.3) is 0 Å². The van der Waals surface area contributed by atoms with Gasteiger partial charge >= 0.3 is 0 Å². The lowest BCUT2D eigenvalue weighted by Gasteiger charge is -2.31. The van der Waals surface area contributed by atoms with Crippen molar-refractivity contribution in [3.8, 4) is 0 Å². The van der Waals surface area contributed by atoms with Gasteiger partial charge in [-0.1, -0.05) is 33.6 Å². The van der Waals surface area contributed by atoms with E-state index in [9.17, 15) is 4.39 Å². The van der Waals surface area contributed by atoms with Gasteiger partial charge in [0, 0.05) is 29.0 Å². The molecule has 2 rings (SSSR count). The zero-order valence-corrected chi connectivity index (χ0v) is 12.0. The molecule has 1 heterocycles. The van der Waals surface area contributed by atoms with Crippen LogP contribution in [0.5, 0.6) is 0 Å². The molecule has 0 bridgehead atoms. The number of alkyl halides is 1. The van der Waals surface area contributed by atoms with Crippen LogP contribution in [0.1, 0.15) is 18.4 Å². The van der Waals surface area contributed by atoms with E-state index in [1.54, 1.807) is 12.1 Å². The van der Waals surface area contributed by atoms with E-state index < -0.39 is 0 Å². The van der Waals surface area contributed by atoms with Gasteiger partial charge in [0.2, 0.25) is 0 Å². The number of rotatable bonds is 3. The predicted molar refractivity (Wildman–Crippen MR) is 73.2 cm³/mol. The quantitative estimate of drug-likeness (QED) is 0.758. The summed E-state index contributed by atoms with van der Waals surface area (Å²) in [6.07, 6.45) is 2.47. The fraction of sp³-hybridized carbons (Fsp3) is 0.538. The van der Waals surface area contributed by atoms with Crippen molar-refractivity contribution in [2.24, 2.45) is 5.92 Å². The van der Waals surface area contributed by atoms with Crippen molar-refractivity contribution in [2.45, 2.75) is 19.4 Å². The van der Waals surface area contributed by atoms with E-state index in [1.165, 1.54) is 18.9 Å². The first kappa shape index (κ1) is 13.3. The molecule has 94 valence electrons. The number of piperidine rings is 1. The van der Waals surface area contributed by atoms with Crippen LogP contribution in [-0.4, -0.2) is 23.3 Å². The number of likely N-dealkylation sites (tertiary alicyclic amines) is 1. The lowest BCUT2D eigenvalue weighted by Crippen LogP contribution is -2.35. The van der Waals surface area contributed by atoms with Gasteiger partial charge in [0.1, 0.15) is 5.82 Å². The second-order valence-corrected chi connectivity index (χ2v) is 5.72. The Morgan fingerprint density at radius 3 is 3.00 bits per heavy atom. The second-order valence-electron chi connectivity index (χ2n) is 4.63. The predicted octanol–water partition coefficient (Wildman–Crippen LogP) is 4.09. The Kier molecular flexibility index (Phi) is 4.83. The topological polar surface area (TPSA) is 3.24 Å². The van der Waals surface area contributed by atoms with Crippen LogP contribution in [0.15, 0.2) is 18.2 Å². The van der Waals surface area contributed by atoms with Crippen molar-refractivity contribution in [1.29, 1.82) is 0 Å². The summed E-state index contributed by atoms with van der Waals surface area (Å²) >= 11 is 9.28. The van der Waals surface area contributed by atoms with Crippen LogP contribution >= 0.6 is 27.5 Å². The minimum atomic E-state index is -0.196. The van der Waals surface area contributed by atoms with E-state index in [4.69, 9.17) is 11.6 Å². The molecule has 0 aromatic heterocycles. The van der Waals surface area contributed by atoms with E-state index in [0.717, 1.165) is 24.0 Å². The van der Waals surface area contributed by atoms with E-state index in [0.29, 0.717) is 17.5 Å². The third-order valence-corrected chi connectivity index (χ3v) is 4.38. The standard InChI is InChI=1S/C13H16BrClFN/c14-7-10-2-1-5-17(8-10)9-11-3-4-12(15)6-13(11)16/h3-4,6,10H,1-2,5,7-9H2. The molecule has 1 atom stereocenters. The van der Waals surface area contributed by atoms with Crippen LogP contribution < -0.4 is 0 Å². The summed E-state index contributed by atoms with van der Waals surface area (Å²) in [5, 5.41) is 1.50. The van der Waals surface area contributed by atoms with Crippen molar-refractivity contribution in [3.63, 3.8) is 0 Å². The summed E-state index contributed by atoms with van der Waals surface area (Å²) < 4.78 is 13.7. The van der Waals surface area contributed by atoms with Gasteiger partial charge in [-0.3, -0.25) is 4.90 Å². The van der Waals surface area contributed by atoms with Gasteiger partial charge in [-0.2, -0.15) is 0 Å².